The normalized spacial score (nSPS) is 14.6. The van der Waals surface area contributed by atoms with Gasteiger partial charge in [0.05, 0.1) is 5.92 Å². The summed E-state index contributed by atoms with van der Waals surface area (Å²) in [4.78, 5) is 10.6. The second-order valence-corrected chi connectivity index (χ2v) is 3.60. The van der Waals surface area contributed by atoms with E-state index in [1.807, 2.05) is 0 Å². The third-order valence-corrected chi connectivity index (χ3v) is 2.33. The van der Waals surface area contributed by atoms with Gasteiger partial charge in [0.2, 0.25) is 0 Å². The van der Waals surface area contributed by atoms with Crippen LogP contribution in [0, 0.1) is 11.7 Å². The van der Waals surface area contributed by atoms with Crippen LogP contribution in [0.25, 0.3) is 0 Å². The van der Waals surface area contributed by atoms with Gasteiger partial charge < -0.3 is 10.8 Å². The molecule has 82 valence electrons. The summed E-state index contributed by atoms with van der Waals surface area (Å²) in [5.74, 6) is -1.87. The average Bonchev–Trinajstić information content (AvgIpc) is 2.18. The zero-order chi connectivity index (χ0) is 11.4. The average molecular weight is 211 g/mol. The summed E-state index contributed by atoms with van der Waals surface area (Å²) in [5.41, 5.74) is 6.10. The quantitative estimate of drug-likeness (QED) is 0.799. The van der Waals surface area contributed by atoms with Gasteiger partial charge in [-0.15, -0.1) is 0 Å². The molecule has 1 aromatic carbocycles. The highest BCUT2D eigenvalue weighted by atomic mass is 19.1. The van der Waals surface area contributed by atoms with E-state index in [0.29, 0.717) is 5.56 Å². The third-order valence-electron chi connectivity index (χ3n) is 2.33. The number of carboxylic acids is 1. The minimum Gasteiger partial charge on any atom is -0.481 e. The molecule has 0 heterocycles. The number of halogens is 1. The maximum Gasteiger partial charge on any atom is 0.306 e. The smallest absolute Gasteiger partial charge is 0.306 e. The van der Waals surface area contributed by atoms with E-state index in [-0.39, 0.29) is 12.2 Å². The summed E-state index contributed by atoms with van der Waals surface area (Å²) in [6.07, 6.45) is 0.232. The summed E-state index contributed by atoms with van der Waals surface area (Å²) in [5, 5.41) is 8.70. The number of carboxylic acid groups (broad SMARTS) is 1. The van der Waals surface area contributed by atoms with Crippen LogP contribution >= 0.6 is 0 Å². The molecule has 0 fully saturated rings. The zero-order valence-electron chi connectivity index (χ0n) is 8.48. The van der Waals surface area contributed by atoms with Crippen molar-refractivity contribution in [1.29, 1.82) is 0 Å². The van der Waals surface area contributed by atoms with E-state index in [1.165, 1.54) is 6.07 Å². The number of nitrogens with two attached hydrogens (primary N) is 1. The molecule has 1 aromatic rings. The summed E-state index contributed by atoms with van der Waals surface area (Å²) in [6.45, 7) is 1.56. The molecule has 0 saturated heterocycles. The van der Waals surface area contributed by atoms with Crippen molar-refractivity contribution in [3.8, 4) is 0 Å². The van der Waals surface area contributed by atoms with E-state index >= 15 is 0 Å². The number of rotatable bonds is 4. The number of carbonyl (C=O) groups is 1. The Bertz CT molecular complexity index is 354. The standard InChI is InChI=1S/C11H14FNO2/c1-7(11(14)15)6-10(13)8-4-2-3-5-9(8)12/h2-5,7,10H,6,13H2,1H3,(H,14,15). The van der Waals surface area contributed by atoms with E-state index in [0.717, 1.165) is 0 Å². The molecule has 2 atom stereocenters. The van der Waals surface area contributed by atoms with Crippen LogP contribution in [0.3, 0.4) is 0 Å². The second-order valence-electron chi connectivity index (χ2n) is 3.60. The summed E-state index contributed by atoms with van der Waals surface area (Å²) in [7, 11) is 0. The highest BCUT2D eigenvalue weighted by Gasteiger charge is 2.18. The third kappa shape index (κ3) is 3.02. The van der Waals surface area contributed by atoms with Gasteiger partial charge in [0, 0.05) is 11.6 Å². The van der Waals surface area contributed by atoms with Crippen molar-refractivity contribution >= 4 is 5.97 Å². The monoisotopic (exact) mass is 211 g/mol. The first-order chi connectivity index (χ1) is 7.02. The first-order valence-electron chi connectivity index (χ1n) is 4.75. The molecule has 2 unspecified atom stereocenters. The Kier molecular flexibility index (Phi) is 3.80. The molecule has 3 N–H and O–H groups in total. The highest BCUT2D eigenvalue weighted by Crippen LogP contribution is 2.21. The van der Waals surface area contributed by atoms with Gasteiger partial charge in [0.25, 0.3) is 0 Å². The SMILES string of the molecule is CC(CC(N)c1ccccc1F)C(=O)O. The minimum absolute atomic E-state index is 0.232. The molecule has 0 aliphatic rings. The maximum atomic E-state index is 13.3. The van der Waals surface area contributed by atoms with Crippen LogP contribution in [0.1, 0.15) is 24.9 Å². The Morgan fingerprint density at radius 3 is 2.67 bits per heavy atom. The number of hydrogen-bond donors (Lipinski definition) is 2. The molecule has 4 heteroatoms. The van der Waals surface area contributed by atoms with Crippen molar-refractivity contribution < 1.29 is 14.3 Å². The van der Waals surface area contributed by atoms with Crippen molar-refractivity contribution in [3.63, 3.8) is 0 Å². The Morgan fingerprint density at radius 2 is 2.13 bits per heavy atom. The van der Waals surface area contributed by atoms with E-state index in [9.17, 15) is 9.18 Å². The molecule has 1 rings (SSSR count). The van der Waals surface area contributed by atoms with E-state index in [2.05, 4.69) is 0 Å². The minimum atomic E-state index is -0.915. The van der Waals surface area contributed by atoms with Gasteiger partial charge in [-0.05, 0) is 12.5 Å². The number of hydrogen-bond acceptors (Lipinski definition) is 2. The van der Waals surface area contributed by atoms with Crippen LogP contribution in [0.2, 0.25) is 0 Å². The van der Waals surface area contributed by atoms with Crippen LogP contribution < -0.4 is 5.73 Å². The Balaban J connectivity index is 2.73. The topological polar surface area (TPSA) is 63.3 Å². The molecule has 0 saturated carbocycles. The summed E-state index contributed by atoms with van der Waals surface area (Å²) >= 11 is 0. The second kappa shape index (κ2) is 4.89. The van der Waals surface area contributed by atoms with E-state index < -0.39 is 17.9 Å². The van der Waals surface area contributed by atoms with Gasteiger partial charge in [-0.1, -0.05) is 25.1 Å². The molecule has 0 aromatic heterocycles. The van der Waals surface area contributed by atoms with Crippen LogP contribution in [0.4, 0.5) is 4.39 Å². The van der Waals surface area contributed by atoms with Gasteiger partial charge in [-0.25, -0.2) is 4.39 Å². The molecule has 0 radical (unpaired) electrons. The predicted octanol–water partition coefficient (Wildman–Crippen LogP) is 1.94. The fourth-order valence-corrected chi connectivity index (χ4v) is 1.38. The van der Waals surface area contributed by atoms with Gasteiger partial charge in [-0.3, -0.25) is 4.79 Å². The van der Waals surface area contributed by atoms with E-state index in [1.54, 1.807) is 25.1 Å². The maximum absolute atomic E-state index is 13.3. The van der Waals surface area contributed by atoms with Crippen molar-refractivity contribution in [2.24, 2.45) is 11.7 Å². The summed E-state index contributed by atoms with van der Waals surface area (Å²) in [6, 6.07) is 5.59. The van der Waals surface area contributed by atoms with Gasteiger partial charge >= 0.3 is 5.97 Å². The molecule has 15 heavy (non-hydrogen) atoms. The van der Waals surface area contributed by atoms with Crippen molar-refractivity contribution in [3.05, 3.63) is 35.6 Å². The van der Waals surface area contributed by atoms with Gasteiger partial charge in [0.1, 0.15) is 5.82 Å². The van der Waals surface area contributed by atoms with Crippen LogP contribution in [0.5, 0.6) is 0 Å². The molecule has 0 spiro atoms. The molecular formula is C11H14FNO2. The lowest BCUT2D eigenvalue weighted by molar-refractivity contribution is -0.141. The Hall–Kier alpha value is -1.42. The van der Waals surface area contributed by atoms with Crippen LogP contribution in [-0.4, -0.2) is 11.1 Å². The summed E-state index contributed by atoms with van der Waals surface area (Å²) < 4.78 is 13.3. The first-order valence-corrected chi connectivity index (χ1v) is 4.75. The molecule has 0 aliphatic carbocycles. The molecule has 0 bridgehead atoms. The molecule has 3 nitrogen and oxygen atoms in total. The van der Waals surface area contributed by atoms with Crippen LogP contribution in [-0.2, 0) is 4.79 Å². The van der Waals surface area contributed by atoms with Gasteiger partial charge in [0.15, 0.2) is 0 Å². The Labute approximate surface area is 87.7 Å². The first kappa shape index (κ1) is 11.7. The fourth-order valence-electron chi connectivity index (χ4n) is 1.38. The zero-order valence-corrected chi connectivity index (χ0v) is 8.48. The lowest BCUT2D eigenvalue weighted by Crippen LogP contribution is -2.20. The molecule has 0 aliphatic heterocycles. The van der Waals surface area contributed by atoms with Crippen molar-refractivity contribution in [1.82, 2.24) is 0 Å². The highest BCUT2D eigenvalue weighted by molar-refractivity contribution is 5.69. The van der Waals surface area contributed by atoms with Crippen LogP contribution in [0.15, 0.2) is 24.3 Å². The molecule has 0 amide bonds. The largest absolute Gasteiger partial charge is 0.481 e. The number of benzene rings is 1. The lowest BCUT2D eigenvalue weighted by Gasteiger charge is -2.15. The van der Waals surface area contributed by atoms with E-state index in [4.69, 9.17) is 10.8 Å². The van der Waals surface area contributed by atoms with Gasteiger partial charge in [-0.2, -0.15) is 0 Å². The number of aliphatic carboxylic acids is 1. The lowest BCUT2D eigenvalue weighted by atomic mass is 9.96. The molecular weight excluding hydrogens is 197 g/mol. The van der Waals surface area contributed by atoms with Crippen molar-refractivity contribution in [2.45, 2.75) is 19.4 Å². The van der Waals surface area contributed by atoms with Crippen molar-refractivity contribution in [2.75, 3.05) is 0 Å². The Morgan fingerprint density at radius 1 is 1.53 bits per heavy atom. The predicted molar refractivity (Wildman–Crippen MR) is 54.7 cm³/mol. The fraction of sp³-hybridized carbons (Fsp3) is 0.364.